The summed E-state index contributed by atoms with van der Waals surface area (Å²) in [6, 6.07) is 5.89. The summed E-state index contributed by atoms with van der Waals surface area (Å²) in [5, 5.41) is 7.93. The third kappa shape index (κ3) is 7.13. The zero-order valence-electron chi connectivity index (χ0n) is 23.7. The molecule has 2 aliphatic heterocycles. The highest BCUT2D eigenvalue weighted by Gasteiger charge is 2.36. The van der Waals surface area contributed by atoms with Crippen LogP contribution < -0.4 is 20.5 Å². The maximum atomic E-state index is 13.3. The number of nitrogens with one attached hydrogen (secondary N) is 1. The predicted molar refractivity (Wildman–Crippen MR) is 155 cm³/mol. The second-order valence-electron chi connectivity index (χ2n) is 11.7. The Balaban J connectivity index is 1.10. The lowest BCUT2D eigenvalue weighted by Crippen LogP contribution is -2.46. The molecule has 0 spiro atoms. The Labute approximate surface area is 252 Å². The van der Waals surface area contributed by atoms with E-state index in [2.05, 4.69) is 32.2 Å². The molecule has 1 aromatic carbocycles. The van der Waals surface area contributed by atoms with Crippen molar-refractivity contribution in [2.75, 3.05) is 56.3 Å². The van der Waals surface area contributed by atoms with Crippen molar-refractivity contribution in [3.8, 4) is 5.75 Å². The predicted octanol–water partition coefficient (Wildman–Crippen LogP) is 5.06. The van der Waals surface area contributed by atoms with Gasteiger partial charge < -0.3 is 29.2 Å². The lowest BCUT2D eigenvalue weighted by Gasteiger charge is -2.41. The van der Waals surface area contributed by atoms with Crippen molar-refractivity contribution in [1.29, 1.82) is 0 Å². The monoisotopic (exact) mass is 624 g/mol. The van der Waals surface area contributed by atoms with Gasteiger partial charge in [0.2, 0.25) is 0 Å². The number of benzene rings is 1. The van der Waals surface area contributed by atoms with Gasteiger partial charge in [-0.1, -0.05) is 23.8 Å². The van der Waals surface area contributed by atoms with E-state index in [-0.39, 0.29) is 34.5 Å². The van der Waals surface area contributed by atoms with Crippen LogP contribution in [0.25, 0.3) is 0 Å². The fourth-order valence-corrected chi connectivity index (χ4v) is 6.78. The number of nitrogens with zero attached hydrogens (tertiary/aromatic N) is 3. The Bertz CT molecular complexity index is 1330. The Morgan fingerprint density at radius 2 is 1.84 bits per heavy atom. The first-order chi connectivity index (χ1) is 20.7. The minimum Gasteiger partial charge on any atom is -0.406 e. The molecular weight excluding hydrogens is 589 g/mol. The molecule has 13 heteroatoms. The van der Waals surface area contributed by atoms with E-state index in [1.54, 1.807) is 18.3 Å². The summed E-state index contributed by atoms with van der Waals surface area (Å²) in [4.78, 5) is 15.4. The van der Waals surface area contributed by atoms with Crippen LogP contribution in [-0.4, -0.2) is 74.4 Å². The van der Waals surface area contributed by atoms with E-state index in [4.69, 9.17) is 25.8 Å². The van der Waals surface area contributed by atoms with Crippen LogP contribution in [-0.2, 0) is 14.2 Å². The third-order valence-corrected chi connectivity index (χ3v) is 9.27. The number of aromatic nitrogens is 2. The van der Waals surface area contributed by atoms with E-state index in [0.717, 1.165) is 25.1 Å². The molecule has 0 bridgehead atoms. The fraction of sp³-hybridized carbons (Fsp3) is 0.600. The molecule has 0 unspecified atom stereocenters. The van der Waals surface area contributed by atoms with Crippen molar-refractivity contribution >= 4 is 23.0 Å². The molecule has 43 heavy (non-hydrogen) atoms. The minimum absolute atomic E-state index is 0.0883. The van der Waals surface area contributed by atoms with Crippen molar-refractivity contribution in [2.45, 2.75) is 50.2 Å². The minimum atomic E-state index is -4.75. The summed E-state index contributed by atoms with van der Waals surface area (Å²) < 4.78 is 60.8. The summed E-state index contributed by atoms with van der Waals surface area (Å²) in [6.45, 7) is 4.10. The Hall–Kier alpha value is -2.80. The van der Waals surface area contributed by atoms with Crippen LogP contribution in [0, 0.1) is 17.8 Å². The molecule has 2 aromatic rings. The van der Waals surface area contributed by atoms with Gasteiger partial charge in [0, 0.05) is 36.7 Å². The number of hydrogen-bond donors (Lipinski definition) is 1. The van der Waals surface area contributed by atoms with Gasteiger partial charge in [-0.2, -0.15) is 5.10 Å². The van der Waals surface area contributed by atoms with Crippen LogP contribution in [0.4, 0.5) is 24.5 Å². The Morgan fingerprint density at radius 1 is 1.05 bits per heavy atom. The quantitative estimate of drug-likeness (QED) is 0.388. The molecule has 1 saturated carbocycles. The first kappa shape index (κ1) is 30.2. The average molecular weight is 625 g/mol. The highest BCUT2D eigenvalue weighted by atomic mass is 35.5. The molecule has 0 radical (unpaired) electrons. The molecule has 1 aromatic heterocycles. The number of rotatable bonds is 9. The molecule has 9 nitrogen and oxygen atoms in total. The first-order valence-electron chi connectivity index (χ1n) is 14.8. The number of halogens is 4. The van der Waals surface area contributed by atoms with Crippen LogP contribution >= 0.6 is 11.6 Å². The molecule has 6 rings (SSSR count). The van der Waals surface area contributed by atoms with E-state index in [9.17, 15) is 18.0 Å². The van der Waals surface area contributed by atoms with E-state index >= 15 is 0 Å². The smallest absolute Gasteiger partial charge is 0.406 e. The SMILES string of the molecule is O=c1c(Cl)c(NC[C@@H]2COC[C@H]3C=C[C@@H]23)cnn1C1CCC(N(C[C@@H]2COCCO2)c2ccc(OC(F)(F)F)cc2)CC1. The molecule has 3 heterocycles. The highest BCUT2D eigenvalue weighted by molar-refractivity contribution is 6.32. The van der Waals surface area contributed by atoms with Crippen LogP contribution in [0.5, 0.6) is 5.75 Å². The van der Waals surface area contributed by atoms with E-state index in [0.29, 0.717) is 75.8 Å². The molecule has 4 aliphatic rings. The van der Waals surface area contributed by atoms with Crippen molar-refractivity contribution in [3.05, 3.63) is 58.0 Å². The summed E-state index contributed by atoms with van der Waals surface area (Å²) in [6.07, 6.45) is 4.02. The van der Waals surface area contributed by atoms with Crippen molar-refractivity contribution in [2.24, 2.45) is 17.8 Å². The Kier molecular flexibility index (Phi) is 9.18. The molecule has 4 atom stereocenters. The van der Waals surface area contributed by atoms with Gasteiger partial charge in [0.1, 0.15) is 10.8 Å². The van der Waals surface area contributed by atoms with Crippen molar-refractivity contribution in [3.63, 3.8) is 0 Å². The van der Waals surface area contributed by atoms with Gasteiger partial charge in [0.25, 0.3) is 5.56 Å². The standard InChI is InChI=1S/C30H36ClF3N4O5/c31-28-27(35-13-20-17-41-16-19-1-10-26(19)20)14-36-38(29(28)39)23-4-2-21(3-5-23)37(15-25-18-40-11-12-42-25)22-6-8-24(9-7-22)43-30(32,33)34/h1,6-10,14,19-21,23,25-26,35H,2-5,11-13,15-18H2/t19-,20-,21?,23?,25-,26-/m1/s1. The number of ether oxygens (including phenoxy) is 4. The Morgan fingerprint density at radius 3 is 2.51 bits per heavy atom. The number of anilines is 2. The summed E-state index contributed by atoms with van der Waals surface area (Å²) in [5.41, 5.74) is 0.982. The molecule has 3 fully saturated rings. The number of alkyl halides is 3. The van der Waals surface area contributed by atoms with Gasteiger partial charge in [0.05, 0.1) is 57.1 Å². The molecular formula is C30H36ClF3N4O5. The van der Waals surface area contributed by atoms with E-state index < -0.39 is 6.36 Å². The molecule has 0 amide bonds. The highest BCUT2D eigenvalue weighted by Crippen LogP contribution is 2.37. The van der Waals surface area contributed by atoms with Crippen LogP contribution in [0.2, 0.25) is 5.02 Å². The van der Waals surface area contributed by atoms with Gasteiger partial charge in [-0.05, 0) is 55.9 Å². The topological polar surface area (TPSA) is 87.1 Å². The number of hydrogen-bond acceptors (Lipinski definition) is 8. The summed E-state index contributed by atoms with van der Waals surface area (Å²) in [5.74, 6) is 1.01. The lowest BCUT2D eigenvalue weighted by atomic mass is 9.73. The first-order valence-corrected chi connectivity index (χ1v) is 15.2. The second kappa shape index (κ2) is 13.1. The maximum Gasteiger partial charge on any atom is 0.573 e. The molecule has 2 saturated heterocycles. The molecule has 2 aliphatic carbocycles. The zero-order valence-corrected chi connectivity index (χ0v) is 24.4. The number of allylic oxidation sites excluding steroid dienone is 1. The normalized spacial score (nSPS) is 28.9. The van der Waals surface area contributed by atoms with Gasteiger partial charge in [0.15, 0.2) is 0 Å². The average Bonchev–Trinajstić information content (AvgIpc) is 2.98. The van der Waals surface area contributed by atoms with Crippen LogP contribution in [0.1, 0.15) is 31.7 Å². The third-order valence-electron chi connectivity index (χ3n) is 8.90. The largest absolute Gasteiger partial charge is 0.573 e. The maximum absolute atomic E-state index is 13.3. The van der Waals surface area contributed by atoms with Crippen LogP contribution in [0.3, 0.4) is 0 Å². The van der Waals surface area contributed by atoms with Crippen molar-refractivity contribution in [1.82, 2.24) is 9.78 Å². The van der Waals surface area contributed by atoms with E-state index in [1.807, 2.05) is 0 Å². The second-order valence-corrected chi connectivity index (χ2v) is 12.0. The van der Waals surface area contributed by atoms with Crippen LogP contribution in [0.15, 0.2) is 47.4 Å². The zero-order chi connectivity index (χ0) is 30.0. The van der Waals surface area contributed by atoms with E-state index in [1.165, 1.54) is 16.8 Å². The summed E-state index contributed by atoms with van der Waals surface area (Å²) in [7, 11) is 0. The van der Waals surface area contributed by atoms with Gasteiger partial charge in [-0.15, -0.1) is 13.2 Å². The fourth-order valence-electron chi connectivity index (χ4n) is 6.58. The lowest BCUT2D eigenvalue weighted by molar-refractivity contribution is -0.274. The van der Waals surface area contributed by atoms with Gasteiger partial charge in [-0.3, -0.25) is 4.79 Å². The van der Waals surface area contributed by atoms with Gasteiger partial charge >= 0.3 is 6.36 Å². The summed E-state index contributed by atoms with van der Waals surface area (Å²) >= 11 is 6.54. The molecule has 234 valence electrons. The number of fused-ring (bicyclic) bond motifs is 1. The van der Waals surface area contributed by atoms with Gasteiger partial charge in [-0.25, -0.2) is 4.68 Å². The van der Waals surface area contributed by atoms with Crippen molar-refractivity contribution < 1.29 is 32.1 Å². The molecule has 1 N–H and O–H groups in total.